The van der Waals surface area contributed by atoms with E-state index in [0.29, 0.717) is 34.0 Å². The molecule has 0 fully saturated rings. The minimum atomic E-state index is 0.260. The predicted octanol–water partition coefficient (Wildman–Crippen LogP) is 5.60. The number of aromatic nitrogens is 2. The average Bonchev–Trinajstić information content (AvgIpc) is 3.34. The summed E-state index contributed by atoms with van der Waals surface area (Å²) in [6, 6.07) is 13.1. The van der Waals surface area contributed by atoms with Crippen molar-refractivity contribution in [3.05, 3.63) is 64.2 Å². The second-order valence-corrected chi connectivity index (χ2v) is 6.70. The number of thiophene rings is 1. The molecule has 0 atom stereocenters. The van der Waals surface area contributed by atoms with Crippen molar-refractivity contribution in [1.29, 1.82) is 0 Å². The first-order valence-electron chi connectivity index (χ1n) is 7.55. The van der Waals surface area contributed by atoms with Gasteiger partial charge in [-0.25, -0.2) is 0 Å². The SMILES string of the molecule is Cc1cccc(Cl)c1OCc1ccc(-c2nc(-c3cccs3)no2)o1. The summed E-state index contributed by atoms with van der Waals surface area (Å²) in [5, 5.41) is 6.51. The highest BCUT2D eigenvalue weighted by Crippen LogP contribution is 2.30. The van der Waals surface area contributed by atoms with E-state index >= 15 is 0 Å². The minimum absolute atomic E-state index is 0.260. The molecule has 5 nitrogen and oxygen atoms in total. The summed E-state index contributed by atoms with van der Waals surface area (Å²) in [4.78, 5) is 5.30. The molecule has 126 valence electrons. The molecule has 7 heteroatoms. The van der Waals surface area contributed by atoms with Crippen molar-refractivity contribution in [2.45, 2.75) is 13.5 Å². The average molecular weight is 373 g/mol. The summed E-state index contributed by atoms with van der Waals surface area (Å²) in [6.45, 7) is 2.20. The minimum Gasteiger partial charge on any atom is -0.484 e. The van der Waals surface area contributed by atoms with Crippen LogP contribution in [0.4, 0.5) is 0 Å². The molecule has 0 saturated carbocycles. The number of ether oxygens (including phenoxy) is 1. The summed E-state index contributed by atoms with van der Waals surface area (Å²) >= 11 is 7.71. The molecule has 4 rings (SSSR count). The Hall–Kier alpha value is -2.57. The fourth-order valence-corrected chi connectivity index (χ4v) is 3.27. The number of nitrogens with zero attached hydrogens (tertiary/aromatic N) is 2. The zero-order chi connectivity index (χ0) is 17.2. The quantitative estimate of drug-likeness (QED) is 0.456. The molecule has 1 aromatic carbocycles. The summed E-state index contributed by atoms with van der Waals surface area (Å²) < 4.78 is 16.8. The molecule has 25 heavy (non-hydrogen) atoms. The normalized spacial score (nSPS) is 11.0. The first-order chi connectivity index (χ1) is 12.2. The molecular formula is C18H13ClN2O3S. The van der Waals surface area contributed by atoms with E-state index in [0.717, 1.165) is 10.4 Å². The maximum Gasteiger partial charge on any atom is 0.293 e. The lowest BCUT2D eigenvalue weighted by molar-refractivity contribution is 0.269. The molecule has 0 aliphatic rings. The van der Waals surface area contributed by atoms with Gasteiger partial charge in [0.2, 0.25) is 5.82 Å². The fraction of sp³-hybridized carbons (Fsp3) is 0.111. The first-order valence-corrected chi connectivity index (χ1v) is 8.81. The molecule has 4 aromatic rings. The van der Waals surface area contributed by atoms with Crippen LogP contribution in [0.25, 0.3) is 22.4 Å². The van der Waals surface area contributed by atoms with Gasteiger partial charge in [-0.2, -0.15) is 4.98 Å². The van der Waals surface area contributed by atoms with Crippen molar-refractivity contribution in [1.82, 2.24) is 10.1 Å². The number of benzene rings is 1. The van der Waals surface area contributed by atoms with E-state index in [4.69, 9.17) is 25.3 Å². The third-order valence-corrected chi connectivity index (χ3v) is 4.73. The van der Waals surface area contributed by atoms with Gasteiger partial charge in [-0.15, -0.1) is 11.3 Å². The maximum absolute atomic E-state index is 6.16. The highest BCUT2D eigenvalue weighted by molar-refractivity contribution is 7.13. The number of hydrogen-bond acceptors (Lipinski definition) is 6. The van der Waals surface area contributed by atoms with Crippen LogP contribution in [0.3, 0.4) is 0 Å². The first kappa shape index (κ1) is 15.9. The van der Waals surface area contributed by atoms with Crippen LogP contribution >= 0.6 is 22.9 Å². The van der Waals surface area contributed by atoms with Gasteiger partial charge < -0.3 is 13.7 Å². The smallest absolute Gasteiger partial charge is 0.293 e. The molecule has 0 saturated heterocycles. The van der Waals surface area contributed by atoms with Crippen molar-refractivity contribution in [3.8, 4) is 28.1 Å². The van der Waals surface area contributed by atoms with E-state index in [1.165, 1.54) is 0 Å². The van der Waals surface area contributed by atoms with Gasteiger partial charge in [0.05, 0.1) is 9.90 Å². The molecule has 3 aromatic heterocycles. The second-order valence-electron chi connectivity index (χ2n) is 5.34. The fourth-order valence-electron chi connectivity index (χ4n) is 2.34. The molecule has 0 bridgehead atoms. The third-order valence-electron chi connectivity index (χ3n) is 3.56. The second kappa shape index (κ2) is 6.74. The van der Waals surface area contributed by atoms with Crippen molar-refractivity contribution in [2.24, 2.45) is 0 Å². The van der Waals surface area contributed by atoms with Crippen LogP contribution in [0.15, 0.2) is 56.8 Å². The van der Waals surface area contributed by atoms with E-state index in [1.54, 1.807) is 23.5 Å². The Bertz CT molecular complexity index is 971. The highest BCUT2D eigenvalue weighted by Gasteiger charge is 2.15. The van der Waals surface area contributed by atoms with Crippen LogP contribution in [0.5, 0.6) is 5.75 Å². The van der Waals surface area contributed by atoms with Gasteiger partial charge in [0.1, 0.15) is 18.1 Å². The molecule has 0 aliphatic heterocycles. The number of halogens is 1. The van der Waals surface area contributed by atoms with E-state index in [2.05, 4.69) is 10.1 Å². The van der Waals surface area contributed by atoms with Gasteiger partial charge in [0.15, 0.2) is 5.76 Å². The number of hydrogen-bond donors (Lipinski definition) is 0. The zero-order valence-electron chi connectivity index (χ0n) is 13.2. The summed E-state index contributed by atoms with van der Waals surface area (Å²) in [7, 11) is 0. The summed E-state index contributed by atoms with van der Waals surface area (Å²) in [5.74, 6) is 2.68. The third kappa shape index (κ3) is 3.31. The predicted molar refractivity (Wildman–Crippen MR) is 95.8 cm³/mol. The van der Waals surface area contributed by atoms with E-state index in [1.807, 2.05) is 42.6 Å². The van der Waals surface area contributed by atoms with Crippen LogP contribution in [0.1, 0.15) is 11.3 Å². The van der Waals surface area contributed by atoms with E-state index < -0.39 is 0 Å². The van der Waals surface area contributed by atoms with Crippen molar-refractivity contribution in [2.75, 3.05) is 0 Å². The Kier molecular flexibility index (Phi) is 4.29. The number of rotatable bonds is 5. The van der Waals surface area contributed by atoms with Gasteiger partial charge in [-0.3, -0.25) is 0 Å². The van der Waals surface area contributed by atoms with Crippen LogP contribution in [0, 0.1) is 6.92 Å². The lowest BCUT2D eigenvalue weighted by Gasteiger charge is -2.09. The van der Waals surface area contributed by atoms with Gasteiger partial charge >= 0.3 is 0 Å². The van der Waals surface area contributed by atoms with Gasteiger partial charge in [-0.05, 0) is 42.1 Å². The largest absolute Gasteiger partial charge is 0.484 e. The summed E-state index contributed by atoms with van der Waals surface area (Å²) in [6.07, 6.45) is 0. The van der Waals surface area contributed by atoms with Gasteiger partial charge in [0, 0.05) is 0 Å². The molecule has 0 unspecified atom stereocenters. The van der Waals surface area contributed by atoms with Crippen LogP contribution < -0.4 is 4.74 Å². The molecular weight excluding hydrogens is 360 g/mol. The number of aryl methyl sites for hydroxylation is 1. The standard InChI is InChI=1S/C18H13ClN2O3S/c1-11-4-2-5-13(19)16(11)22-10-12-7-8-14(23-12)18-20-17(21-24-18)15-6-3-9-25-15/h2-9H,10H2,1H3. The zero-order valence-corrected chi connectivity index (χ0v) is 14.8. The maximum atomic E-state index is 6.16. The van der Waals surface area contributed by atoms with E-state index in [-0.39, 0.29) is 6.61 Å². The summed E-state index contributed by atoms with van der Waals surface area (Å²) in [5.41, 5.74) is 0.969. The number of furan rings is 1. The molecule has 0 spiro atoms. The lowest BCUT2D eigenvalue weighted by atomic mass is 10.2. The molecule has 0 N–H and O–H groups in total. The molecule has 3 heterocycles. The monoisotopic (exact) mass is 372 g/mol. The number of para-hydroxylation sites is 1. The Morgan fingerprint density at radius 1 is 1.16 bits per heavy atom. The van der Waals surface area contributed by atoms with Crippen LogP contribution in [-0.2, 0) is 6.61 Å². The van der Waals surface area contributed by atoms with E-state index in [9.17, 15) is 0 Å². The molecule has 0 aliphatic carbocycles. The van der Waals surface area contributed by atoms with Gasteiger partial charge in [-0.1, -0.05) is 35.0 Å². The van der Waals surface area contributed by atoms with Crippen LogP contribution in [-0.4, -0.2) is 10.1 Å². The van der Waals surface area contributed by atoms with Crippen molar-refractivity contribution in [3.63, 3.8) is 0 Å². The molecule has 0 radical (unpaired) electrons. The Morgan fingerprint density at radius 3 is 2.88 bits per heavy atom. The molecule has 0 amide bonds. The Labute approximate surface area is 152 Å². The van der Waals surface area contributed by atoms with Crippen molar-refractivity contribution >= 4 is 22.9 Å². The Balaban J connectivity index is 1.49. The lowest BCUT2D eigenvalue weighted by Crippen LogP contribution is -1.96. The van der Waals surface area contributed by atoms with Crippen molar-refractivity contribution < 1.29 is 13.7 Å². The Morgan fingerprint density at radius 2 is 2.08 bits per heavy atom. The van der Waals surface area contributed by atoms with Gasteiger partial charge in [0.25, 0.3) is 5.89 Å². The highest BCUT2D eigenvalue weighted by atomic mass is 35.5. The topological polar surface area (TPSA) is 61.3 Å². The van der Waals surface area contributed by atoms with Crippen LogP contribution in [0.2, 0.25) is 5.02 Å².